The molecule has 1 saturated heterocycles. The molecule has 174 valence electrons. The van der Waals surface area contributed by atoms with Crippen molar-refractivity contribution >= 4 is 17.4 Å². The first-order chi connectivity index (χ1) is 15.9. The van der Waals surface area contributed by atoms with Gasteiger partial charge in [0.05, 0.1) is 19.8 Å². The van der Waals surface area contributed by atoms with Crippen LogP contribution in [0.5, 0.6) is 11.5 Å². The number of nitrogens with zero attached hydrogens (tertiary/aromatic N) is 2. The molecule has 0 spiro atoms. The van der Waals surface area contributed by atoms with E-state index in [4.69, 9.17) is 9.47 Å². The van der Waals surface area contributed by atoms with Gasteiger partial charge in [-0.05, 0) is 60.6 Å². The molecule has 0 atom stereocenters. The molecule has 0 radical (unpaired) electrons. The van der Waals surface area contributed by atoms with Gasteiger partial charge in [0.1, 0.15) is 11.5 Å². The lowest BCUT2D eigenvalue weighted by Gasteiger charge is -2.32. The first-order valence-electron chi connectivity index (χ1n) is 11.2. The van der Waals surface area contributed by atoms with Crippen molar-refractivity contribution in [3.63, 3.8) is 0 Å². The second kappa shape index (κ2) is 9.65. The number of methoxy groups -OCH3 is 2. The number of hydrogen-bond acceptors (Lipinski definition) is 5. The summed E-state index contributed by atoms with van der Waals surface area (Å²) in [6, 6.07) is 11.3. The van der Waals surface area contributed by atoms with Gasteiger partial charge in [-0.3, -0.25) is 14.5 Å². The molecule has 2 aliphatic rings. The van der Waals surface area contributed by atoms with Crippen LogP contribution >= 0.6 is 0 Å². The maximum atomic E-state index is 13.5. The van der Waals surface area contributed by atoms with E-state index in [2.05, 4.69) is 6.92 Å². The number of likely N-dealkylation sites (tertiary alicyclic amines) is 1. The van der Waals surface area contributed by atoms with E-state index in [1.54, 1.807) is 26.4 Å². The highest BCUT2D eigenvalue weighted by atomic mass is 19.1. The minimum atomic E-state index is -0.380. The standard InChI is InChI=1S/C26H29FN2O4/c1-17-10-13-28(14-11-17)24-23(19-5-7-20(27)8-6-19)25(30)29(26(24)31)15-12-18-4-9-21(32-2)22(16-18)33-3/h4-9,16-17H,10-15H2,1-3H3. The van der Waals surface area contributed by atoms with Crippen LogP contribution in [0.4, 0.5) is 4.39 Å². The predicted octanol–water partition coefficient (Wildman–Crippen LogP) is 3.90. The van der Waals surface area contributed by atoms with Crippen LogP contribution in [-0.2, 0) is 16.0 Å². The largest absolute Gasteiger partial charge is 0.493 e. The van der Waals surface area contributed by atoms with Gasteiger partial charge in [-0.1, -0.05) is 25.1 Å². The Morgan fingerprint density at radius 1 is 0.939 bits per heavy atom. The van der Waals surface area contributed by atoms with Crippen molar-refractivity contribution in [3.05, 3.63) is 65.1 Å². The van der Waals surface area contributed by atoms with Gasteiger partial charge in [-0.2, -0.15) is 0 Å². The van der Waals surface area contributed by atoms with Crippen LogP contribution in [0.2, 0.25) is 0 Å². The monoisotopic (exact) mass is 452 g/mol. The van der Waals surface area contributed by atoms with E-state index < -0.39 is 0 Å². The van der Waals surface area contributed by atoms with Crippen LogP contribution in [-0.4, -0.2) is 55.5 Å². The number of benzene rings is 2. The molecule has 2 aliphatic heterocycles. The number of ether oxygens (including phenoxy) is 2. The smallest absolute Gasteiger partial charge is 0.277 e. The summed E-state index contributed by atoms with van der Waals surface area (Å²) in [5, 5.41) is 0. The third-order valence-electron chi connectivity index (χ3n) is 6.45. The first kappa shape index (κ1) is 22.8. The van der Waals surface area contributed by atoms with Gasteiger partial charge in [0, 0.05) is 19.6 Å². The Labute approximate surface area is 193 Å². The van der Waals surface area contributed by atoms with Gasteiger partial charge in [-0.15, -0.1) is 0 Å². The van der Waals surface area contributed by atoms with Crippen molar-refractivity contribution in [2.24, 2.45) is 5.92 Å². The van der Waals surface area contributed by atoms with Gasteiger partial charge in [0.15, 0.2) is 11.5 Å². The Bertz CT molecular complexity index is 1070. The Morgan fingerprint density at radius 3 is 2.24 bits per heavy atom. The maximum absolute atomic E-state index is 13.5. The lowest BCUT2D eigenvalue weighted by atomic mass is 9.97. The van der Waals surface area contributed by atoms with Crippen molar-refractivity contribution in [1.29, 1.82) is 0 Å². The highest BCUT2D eigenvalue weighted by Crippen LogP contribution is 2.34. The minimum Gasteiger partial charge on any atom is -0.493 e. The zero-order valence-electron chi connectivity index (χ0n) is 19.3. The zero-order chi connectivity index (χ0) is 23.5. The number of imide groups is 1. The quantitative estimate of drug-likeness (QED) is 0.597. The molecule has 4 rings (SSSR count). The van der Waals surface area contributed by atoms with E-state index >= 15 is 0 Å². The average molecular weight is 453 g/mol. The van der Waals surface area contributed by atoms with Gasteiger partial charge in [0.2, 0.25) is 0 Å². The maximum Gasteiger partial charge on any atom is 0.277 e. The molecule has 33 heavy (non-hydrogen) atoms. The Hall–Kier alpha value is -3.35. The summed E-state index contributed by atoms with van der Waals surface area (Å²) < 4.78 is 24.2. The molecule has 0 bridgehead atoms. The molecule has 7 heteroatoms. The molecule has 0 unspecified atom stereocenters. The topological polar surface area (TPSA) is 59.1 Å². The second-order valence-corrected chi connectivity index (χ2v) is 8.60. The van der Waals surface area contributed by atoms with Gasteiger partial charge in [0.25, 0.3) is 11.8 Å². The summed E-state index contributed by atoms with van der Waals surface area (Å²) in [6.07, 6.45) is 2.42. The molecule has 0 aliphatic carbocycles. The number of rotatable bonds is 7. The van der Waals surface area contributed by atoms with E-state index in [1.165, 1.54) is 17.0 Å². The van der Waals surface area contributed by atoms with Crippen LogP contribution in [0.1, 0.15) is 30.9 Å². The summed E-state index contributed by atoms with van der Waals surface area (Å²) in [5.74, 6) is 0.813. The van der Waals surface area contributed by atoms with Crippen LogP contribution in [0.15, 0.2) is 48.2 Å². The summed E-state index contributed by atoms with van der Waals surface area (Å²) in [6.45, 7) is 3.89. The van der Waals surface area contributed by atoms with E-state index in [9.17, 15) is 14.0 Å². The second-order valence-electron chi connectivity index (χ2n) is 8.60. The van der Waals surface area contributed by atoms with Crippen molar-refractivity contribution in [3.8, 4) is 11.5 Å². The normalized spacial score (nSPS) is 17.2. The van der Waals surface area contributed by atoms with Crippen LogP contribution in [0, 0.1) is 11.7 Å². The summed E-state index contributed by atoms with van der Waals surface area (Å²) in [5.41, 5.74) is 2.29. The minimum absolute atomic E-state index is 0.242. The molecule has 2 aromatic rings. The van der Waals surface area contributed by atoms with Crippen molar-refractivity contribution < 1.29 is 23.5 Å². The third kappa shape index (κ3) is 4.58. The predicted molar refractivity (Wildman–Crippen MR) is 123 cm³/mol. The Morgan fingerprint density at radius 2 is 1.61 bits per heavy atom. The van der Waals surface area contributed by atoms with E-state index in [1.807, 2.05) is 23.1 Å². The van der Waals surface area contributed by atoms with Crippen molar-refractivity contribution in [2.75, 3.05) is 33.9 Å². The van der Waals surface area contributed by atoms with E-state index in [0.29, 0.717) is 40.7 Å². The SMILES string of the molecule is COc1ccc(CCN2C(=O)C(c3ccc(F)cc3)=C(N3CCC(C)CC3)C2=O)cc1OC. The Kier molecular flexibility index (Phi) is 6.67. The Balaban J connectivity index is 1.61. The molecule has 1 fully saturated rings. The van der Waals surface area contributed by atoms with Gasteiger partial charge < -0.3 is 14.4 Å². The molecule has 2 heterocycles. The van der Waals surface area contributed by atoms with E-state index in [0.717, 1.165) is 31.5 Å². The molecule has 6 nitrogen and oxygen atoms in total. The molecule has 0 saturated carbocycles. The molecule has 0 N–H and O–H groups in total. The number of carbonyl (C=O) groups excluding carboxylic acids is 2. The molecular weight excluding hydrogens is 423 g/mol. The lowest BCUT2D eigenvalue weighted by Crippen LogP contribution is -2.39. The number of amides is 2. The van der Waals surface area contributed by atoms with Crippen LogP contribution < -0.4 is 9.47 Å². The van der Waals surface area contributed by atoms with Crippen LogP contribution in [0.3, 0.4) is 0 Å². The molecule has 2 aromatic carbocycles. The fraction of sp³-hybridized carbons (Fsp3) is 0.385. The lowest BCUT2D eigenvalue weighted by molar-refractivity contribution is -0.137. The highest BCUT2D eigenvalue weighted by molar-refractivity contribution is 6.35. The van der Waals surface area contributed by atoms with Gasteiger partial charge in [-0.25, -0.2) is 4.39 Å². The highest BCUT2D eigenvalue weighted by Gasteiger charge is 2.41. The van der Waals surface area contributed by atoms with Crippen molar-refractivity contribution in [2.45, 2.75) is 26.2 Å². The molecular formula is C26H29FN2O4. The first-order valence-corrected chi connectivity index (χ1v) is 11.2. The zero-order valence-corrected chi connectivity index (χ0v) is 19.3. The fourth-order valence-corrected chi connectivity index (χ4v) is 4.45. The molecule has 0 aromatic heterocycles. The summed E-state index contributed by atoms with van der Waals surface area (Å²) in [4.78, 5) is 30.3. The number of carbonyl (C=O) groups is 2. The van der Waals surface area contributed by atoms with Gasteiger partial charge >= 0.3 is 0 Å². The third-order valence-corrected chi connectivity index (χ3v) is 6.45. The molecule has 2 amide bonds. The average Bonchev–Trinajstić information content (AvgIpc) is 3.08. The summed E-state index contributed by atoms with van der Waals surface area (Å²) >= 11 is 0. The summed E-state index contributed by atoms with van der Waals surface area (Å²) in [7, 11) is 3.14. The number of halogens is 1. The van der Waals surface area contributed by atoms with E-state index in [-0.39, 0.29) is 24.2 Å². The van der Waals surface area contributed by atoms with Crippen LogP contribution in [0.25, 0.3) is 5.57 Å². The fourth-order valence-electron chi connectivity index (χ4n) is 4.45. The number of hydrogen-bond donors (Lipinski definition) is 0. The van der Waals surface area contributed by atoms with Crippen molar-refractivity contribution in [1.82, 2.24) is 9.80 Å². The number of piperidine rings is 1.